The fourth-order valence-corrected chi connectivity index (χ4v) is 4.65. The van der Waals surface area contributed by atoms with Gasteiger partial charge >= 0.3 is 0 Å². The molecule has 0 spiro atoms. The highest BCUT2D eigenvalue weighted by Crippen LogP contribution is 2.46. The molecule has 37 heavy (non-hydrogen) atoms. The summed E-state index contributed by atoms with van der Waals surface area (Å²) in [6.45, 7) is 2.13. The summed E-state index contributed by atoms with van der Waals surface area (Å²) in [5.41, 5.74) is 4.66. The quantitative estimate of drug-likeness (QED) is 0.341. The largest absolute Gasteiger partial charge is 0.481 e. The number of ether oxygens (including phenoxy) is 1. The van der Waals surface area contributed by atoms with Crippen LogP contribution in [0, 0.1) is 12.7 Å². The number of rotatable bonds is 6. The van der Waals surface area contributed by atoms with E-state index in [2.05, 4.69) is 15.1 Å². The summed E-state index contributed by atoms with van der Waals surface area (Å²) < 4.78 is 23.3. The Balaban J connectivity index is 1.41. The Hall–Kier alpha value is -4.40. The maximum absolute atomic E-state index is 14.3. The number of hydrogen-bond acceptors (Lipinski definition) is 6. The number of aryl methyl sites for hydroxylation is 2. The lowest BCUT2D eigenvalue weighted by atomic mass is 10.1. The van der Waals surface area contributed by atoms with E-state index in [0.717, 1.165) is 40.7 Å². The van der Waals surface area contributed by atoms with E-state index in [0.29, 0.717) is 41.1 Å². The highest BCUT2D eigenvalue weighted by molar-refractivity contribution is 5.78. The Labute approximate surface area is 212 Å². The zero-order valence-corrected chi connectivity index (χ0v) is 20.8. The van der Waals surface area contributed by atoms with Gasteiger partial charge in [-0.2, -0.15) is 5.10 Å². The van der Waals surface area contributed by atoms with Gasteiger partial charge in [0, 0.05) is 41.9 Å². The SMILES string of the molecule is COc1c(-c2ncc3ccc(=O)n(Cc4ccc(-c5nc(C)ccc5F)cc4)c3n2)c(C2CC2)nn1C. The predicted octanol–water partition coefficient (Wildman–Crippen LogP) is 4.64. The molecule has 9 heteroatoms. The molecule has 4 aromatic heterocycles. The molecule has 1 fully saturated rings. The maximum atomic E-state index is 14.3. The van der Waals surface area contributed by atoms with Gasteiger partial charge in [0.05, 0.1) is 19.3 Å². The Kier molecular flexibility index (Phi) is 5.55. The molecule has 0 aliphatic heterocycles. The van der Waals surface area contributed by atoms with Crippen LogP contribution in [0.15, 0.2) is 59.5 Å². The lowest BCUT2D eigenvalue weighted by Gasteiger charge is -2.12. The second kappa shape index (κ2) is 8.92. The molecule has 0 saturated heterocycles. The molecule has 1 saturated carbocycles. The lowest BCUT2D eigenvalue weighted by molar-refractivity contribution is 0.374. The molecule has 0 unspecified atom stereocenters. The Morgan fingerprint density at radius 3 is 2.57 bits per heavy atom. The molecule has 1 aliphatic rings. The van der Waals surface area contributed by atoms with Gasteiger partial charge in [0.2, 0.25) is 5.88 Å². The Morgan fingerprint density at radius 1 is 1.05 bits per heavy atom. The van der Waals surface area contributed by atoms with E-state index in [4.69, 9.17) is 9.72 Å². The van der Waals surface area contributed by atoms with Crippen LogP contribution < -0.4 is 10.3 Å². The predicted molar refractivity (Wildman–Crippen MR) is 138 cm³/mol. The van der Waals surface area contributed by atoms with Crippen LogP contribution in [0.3, 0.4) is 0 Å². The van der Waals surface area contributed by atoms with Crippen molar-refractivity contribution in [2.24, 2.45) is 7.05 Å². The van der Waals surface area contributed by atoms with Crippen molar-refractivity contribution in [1.82, 2.24) is 29.3 Å². The minimum absolute atomic E-state index is 0.173. The summed E-state index contributed by atoms with van der Waals surface area (Å²) in [5, 5.41) is 5.42. The van der Waals surface area contributed by atoms with Gasteiger partial charge in [-0.25, -0.2) is 19.0 Å². The summed E-state index contributed by atoms with van der Waals surface area (Å²) in [4.78, 5) is 26.7. The smallest absolute Gasteiger partial charge is 0.252 e. The van der Waals surface area contributed by atoms with Crippen molar-refractivity contribution in [3.63, 3.8) is 0 Å². The Morgan fingerprint density at radius 2 is 1.84 bits per heavy atom. The highest BCUT2D eigenvalue weighted by atomic mass is 19.1. The first-order valence-corrected chi connectivity index (χ1v) is 12.1. The fraction of sp³-hybridized carbons (Fsp3) is 0.250. The van der Waals surface area contributed by atoms with E-state index < -0.39 is 0 Å². The van der Waals surface area contributed by atoms with E-state index in [1.54, 1.807) is 34.7 Å². The number of fused-ring (bicyclic) bond motifs is 1. The van der Waals surface area contributed by atoms with Crippen molar-refractivity contribution in [2.75, 3.05) is 7.11 Å². The topological polar surface area (TPSA) is 87.7 Å². The number of hydrogen-bond donors (Lipinski definition) is 0. The molecule has 4 heterocycles. The van der Waals surface area contributed by atoms with Crippen LogP contribution in [0.4, 0.5) is 4.39 Å². The minimum Gasteiger partial charge on any atom is -0.481 e. The third kappa shape index (κ3) is 4.16. The molecular formula is C28H25FN6O2. The van der Waals surface area contributed by atoms with Crippen LogP contribution in [0.25, 0.3) is 33.7 Å². The van der Waals surface area contributed by atoms with Gasteiger partial charge in [0.15, 0.2) is 5.82 Å². The molecule has 0 N–H and O–H groups in total. The first kappa shape index (κ1) is 23.0. The van der Waals surface area contributed by atoms with Gasteiger partial charge in [-0.1, -0.05) is 24.3 Å². The molecule has 1 aliphatic carbocycles. The van der Waals surface area contributed by atoms with E-state index >= 15 is 0 Å². The van der Waals surface area contributed by atoms with E-state index in [9.17, 15) is 9.18 Å². The molecule has 0 atom stereocenters. The molecule has 0 amide bonds. The first-order valence-electron chi connectivity index (χ1n) is 12.1. The molecule has 8 nitrogen and oxygen atoms in total. The number of halogens is 1. The zero-order valence-electron chi connectivity index (χ0n) is 20.8. The van der Waals surface area contributed by atoms with Crippen LogP contribution in [-0.2, 0) is 13.6 Å². The standard InChI is InChI=1S/C28H25FN6O2/c1-16-4-12-21(29)24(31-16)18-7-5-17(6-8-18)15-35-22(36)13-11-20-14-30-26(32-27(20)35)23-25(19-9-10-19)33-34(2)28(23)37-3/h4-8,11-14,19H,9-10,15H2,1-3H3. The summed E-state index contributed by atoms with van der Waals surface area (Å²) in [7, 11) is 3.45. The molecule has 1 aromatic carbocycles. The van der Waals surface area contributed by atoms with Crippen LogP contribution >= 0.6 is 0 Å². The molecular weight excluding hydrogens is 471 g/mol. The summed E-state index contributed by atoms with van der Waals surface area (Å²) >= 11 is 0. The van der Waals surface area contributed by atoms with Crippen LogP contribution in [0.2, 0.25) is 0 Å². The van der Waals surface area contributed by atoms with Gasteiger partial charge < -0.3 is 4.74 Å². The van der Waals surface area contributed by atoms with Crippen molar-refractivity contribution in [2.45, 2.75) is 32.2 Å². The molecule has 6 rings (SSSR count). The summed E-state index contributed by atoms with van der Waals surface area (Å²) in [5.74, 6) is 1.08. The van der Waals surface area contributed by atoms with Gasteiger partial charge in [-0.15, -0.1) is 0 Å². The van der Waals surface area contributed by atoms with E-state index in [1.807, 2.05) is 38.2 Å². The van der Waals surface area contributed by atoms with Gasteiger partial charge in [-0.05, 0) is 43.5 Å². The normalized spacial score (nSPS) is 13.3. The Bertz CT molecular complexity index is 1700. The van der Waals surface area contributed by atoms with Gasteiger partial charge in [-0.3, -0.25) is 14.3 Å². The fourth-order valence-electron chi connectivity index (χ4n) is 4.65. The second-order valence-corrected chi connectivity index (χ2v) is 9.38. The number of nitrogens with zero attached hydrogens (tertiary/aromatic N) is 6. The van der Waals surface area contributed by atoms with Crippen molar-refractivity contribution >= 4 is 11.0 Å². The number of aromatic nitrogens is 6. The molecule has 0 bridgehead atoms. The maximum Gasteiger partial charge on any atom is 0.252 e. The number of pyridine rings is 2. The zero-order chi connectivity index (χ0) is 25.7. The summed E-state index contributed by atoms with van der Waals surface area (Å²) in [6, 6.07) is 13.7. The van der Waals surface area contributed by atoms with Crippen molar-refractivity contribution in [3.05, 3.63) is 87.9 Å². The monoisotopic (exact) mass is 496 g/mol. The van der Waals surface area contributed by atoms with Gasteiger partial charge in [0.25, 0.3) is 5.56 Å². The average molecular weight is 497 g/mol. The van der Waals surface area contributed by atoms with Crippen molar-refractivity contribution in [3.8, 4) is 28.5 Å². The molecule has 5 aromatic rings. The number of methoxy groups -OCH3 is 1. The molecule has 186 valence electrons. The third-order valence-corrected chi connectivity index (χ3v) is 6.68. The van der Waals surface area contributed by atoms with Crippen LogP contribution in [0.5, 0.6) is 5.88 Å². The van der Waals surface area contributed by atoms with Gasteiger partial charge in [0.1, 0.15) is 22.7 Å². The molecule has 0 radical (unpaired) electrons. The number of benzene rings is 1. The van der Waals surface area contributed by atoms with Crippen molar-refractivity contribution < 1.29 is 9.13 Å². The summed E-state index contributed by atoms with van der Waals surface area (Å²) in [6.07, 6.45) is 3.87. The van der Waals surface area contributed by atoms with Crippen LogP contribution in [0.1, 0.15) is 35.7 Å². The highest BCUT2D eigenvalue weighted by Gasteiger charge is 2.33. The second-order valence-electron chi connectivity index (χ2n) is 9.38. The third-order valence-electron chi connectivity index (χ3n) is 6.68. The van der Waals surface area contributed by atoms with Crippen LogP contribution in [-0.4, -0.2) is 36.4 Å². The van der Waals surface area contributed by atoms with E-state index in [-0.39, 0.29) is 11.4 Å². The van der Waals surface area contributed by atoms with Crippen molar-refractivity contribution in [1.29, 1.82) is 0 Å². The van der Waals surface area contributed by atoms with E-state index in [1.165, 1.54) is 12.1 Å². The minimum atomic E-state index is -0.371. The first-order chi connectivity index (χ1) is 17.9. The average Bonchev–Trinajstić information content (AvgIpc) is 3.69. The lowest BCUT2D eigenvalue weighted by Crippen LogP contribution is -2.21.